The highest BCUT2D eigenvalue weighted by Crippen LogP contribution is 2.15. The van der Waals surface area contributed by atoms with E-state index in [1.54, 1.807) is 29.2 Å². The number of carbonyl (C=O) groups is 2. The Balaban J connectivity index is 1.69. The lowest BCUT2D eigenvalue weighted by molar-refractivity contribution is -0.147. The lowest BCUT2D eigenvalue weighted by Gasteiger charge is -2.30. The number of H-pyrrole nitrogens is 1. The molecule has 1 saturated heterocycles. The minimum atomic E-state index is -0.638. The molecule has 0 bridgehead atoms. The lowest BCUT2D eigenvalue weighted by atomic mass is 10.0. The largest absolute Gasteiger partial charge is 0.342 e. The fourth-order valence-corrected chi connectivity index (χ4v) is 3.06. The third-order valence-electron chi connectivity index (χ3n) is 4.33. The second kappa shape index (κ2) is 6.82. The number of likely N-dealkylation sites (tertiary alicyclic amines) is 1. The smallest absolute Gasteiger partial charge is 0.311 e. The molecular weight excluding hydrogens is 308 g/mol. The van der Waals surface area contributed by atoms with Gasteiger partial charge in [-0.2, -0.15) is 5.10 Å². The normalized spacial score (nSPS) is 17.7. The first-order valence-corrected chi connectivity index (χ1v) is 8.09. The molecule has 2 aromatic rings. The molecule has 3 rings (SSSR count). The molecule has 0 spiro atoms. The van der Waals surface area contributed by atoms with Crippen LogP contribution >= 0.6 is 0 Å². The maximum atomic E-state index is 12.2. The molecule has 0 aliphatic carbocycles. The molecule has 7 nitrogen and oxygen atoms in total. The molecule has 0 radical (unpaired) electrons. The summed E-state index contributed by atoms with van der Waals surface area (Å²) in [5.41, 5.74) is 0.248. The highest BCUT2D eigenvalue weighted by Gasteiger charge is 2.26. The summed E-state index contributed by atoms with van der Waals surface area (Å²) < 4.78 is 0. The number of nitrogens with one attached hydrogen (secondary N) is 2. The number of hydrogen-bond donors (Lipinski definition) is 2. The summed E-state index contributed by atoms with van der Waals surface area (Å²) in [7, 11) is 0. The van der Waals surface area contributed by atoms with Crippen LogP contribution in [0.5, 0.6) is 0 Å². The zero-order valence-corrected chi connectivity index (χ0v) is 13.5. The zero-order valence-electron chi connectivity index (χ0n) is 13.5. The highest BCUT2D eigenvalue weighted by molar-refractivity contribution is 6.35. The monoisotopic (exact) mass is 328 g/mol. The number of amides is 2. The van der Waals surface area contributed by atoms with Gasteiger partial charge in [-0.15, -0.1) is 0 Å². The van der Waals surface area contributed by atoms with E-state index >= 15 is 0 Å². The summed E-state index contributed by atoms with van der Waals surface area (Å²) in [6.07, 6.45) is 2.00. The summed E-state index contributed by atoms with van der Waals surface area (Å²) in [5.74, 6) is -0.725. The number of piperidine rings is 1. The predicted molar refractivity (Wildman–Crippen MR) is 89.2 cm³/mol. The van der Waals surface area contributed by atoms with Crippen molar-refractivity contribution in [3.63, 3.8) is 0 Å². The quantitative estimate of drug-likeness (QED) is 0.797. The number of rotatable bonds is 2. The van der Waals surface area contributed by atoms with Crippen molar-refractivity contribution < 1.29 is 9.59 Å². The first-order chi connectivity index (χ1) is 11.6. The van der Waals surface area contributed by atoms with Gasteiger partial charge in [0.05, 0.1) is 17.6 Å². The number of carbonyl (C=O) groups excluding carboxylic acids is 2. The summed E-state index contributed by atoms with van der Waals surface area (Å²) in [6.45, 7) is 3.40. The van der Waals surface area contributed by atoms with Crippen LogP contribution in [-0.4, -0.2) is 40.0 Å². The Bertz CT molecular complexity index is 830. The number of hydrogen-bond acceptors (Lipinski definition) is 4. The van der Waals surface area contributed by atoms with E-state index in [4.69, 9.17) is 0 Å². The van der Waals surface area contributed by atoms with Crippen LogP contribution in [-0.2, 0) is 16.1 Å². The van der Waals surface area contributed by atoms with Crippen molar-refractivity contribution in [1.82, 2.24) is 20.4 Å². The van der Waals surface area contributed by atoms with Crippen LogP contribution in [0.2, 0.25) is 0 Å². The molecule has 1 aromatic carbocycles. The van der Waals surface area contributed by atoms with E-state index in [1.165, 1.54) is 0 Å². The van der Waals surface area contributed by atoms with Crippen LogP contribution in [0.4, 0.5) is 0 Å². The van der Waals surface area contributed by atoms with E-state index < -0.39 is 11.8 Å². The van der Waals surface area contributed by atoms with Crippen molar-refractivity contribution in [3.05, 3.63) is 40.3 Å². The van der Waals surface area contributed by atoms with Crippen LogP contribution < -0.4 is 10.9 Å². The van der Waals surface area contributed by atoms with Crippen molar-refractivity contribution in [2.75, 3.05) is 13.1 Å². The minimum Gasteiger partial charge on any atom is -0.342 e. The Morgan fingerprint density at radius 2 is 2.08 bits per heavy atom. The molecule has 126 valence electrons. The number of benzene rings is 1. The van der Waals surface area contributed by atoms with Gasteiger partial charge in [-0.3, -0.25) is 14.4 Å². The second-order valence-corrected chi connectivity index (χ2v) is 6.23. The number of aromatic nitrogens is 2. The molecule has 2 heterocycles. The maximum Gasteiger partial charge on any atom is 0.311 e. The van der Waals surface area contributed by atoms with Crippen molar-refractivity contribution in [1.29, 1.82) is 0 Å². The maximum absolute atomic E-state index is 12.2. The lowest BCUT2D eigenvalue weighted by Crippen LogP contribution is -2.46. The van der Waals surface area contributed by atoms with E-state index in [9.17, 15) is 14.4 Å². The molecule has 1 unspecified atom stereocenters. The third-order valence-corrected chi connectivity index (χ3v) is 4.33. The van der Waals surface area contributed by atoms with E-state index in [0.29, 0.717) is 35.5 Å². The van der Waals surface area contributed by atoms with Gasteiger partial charge in [0.2, 0.25) is 0 Å². The Morgan fingerprint density at radius 1 is 1.33 bits per heavy atom. The van der Waals surface area contributed by atoms with Gasteiger partial charge >= 0.3 is 11.8 Å². The average molecular weight is 328 g/mol. The zero-order chi connectivity index (χ0) is 17.1. The first-order valence-electron chi connectivity index (χ1n) is 8.09. The highest BCUT2D eigenvalue weighted by atomic mass is 16.2. The van der Waals surface area contributed by atoms with E-state index in [-0.39, 0.29) is 12.1 Å². The molecule has 1 aliphatic heterocycles. The predicted octanol–water partition coefficient (Wildman–Crippen LogP) is 0.798. The van der Waals surface area contributed by atoms with Gasteiger partial charge in [0, 0.05) is 18.5 Å². The van der Waals surface area contributed by atoms with Crippen molar-refractivity contribution in [2.24, 2.45) is 5.92 Å². The standard InChI is InChI=1S/C17H20N4O3/c1-11-5-4-8-21(10-11)17(24)16(23)18-9-14-12-6-2-3-7-13(12)15(22)20-19-14/h2-3,6-7,11H,4-5,8-10H2,1H3,(H,18,23)(H,20,22). The van der Waals surface area contributed by atoms with Crippen molar-refractivity contribution in [3.8, 4) is 0 Å². The number of fused-ring (bicyclic) bond motifs is 1. The van der Waals surface area contributed by atoms with Crippen LogP contribution in [0.25, 0.3) is 10.8 Å². The topological polar surface area (TPSA) is 95.2 Å². The number of aromatic amines is 1. The molecule has 1 atom stereocenters. The molecule has 0 saturated carbocycles. The molecule has 24 heavy (non-hydrogen) atoms. The summed E-state index contributed by atoms with van der Waals surface area (Å²) in [6, 6.07) is 7.03. The van der Waals surface area contributed by atoms with Gasteiger partial charge in [0.15, 0.2) is 0 Å². The summed E-state index contributed by atoms with van der Waals surface area (Å²) >= 11 is 0. The van der Waals surface area contributed by atoms with Gasteiger partial charge in [-0.1, -0.05) is 25.1 Å². The van der Waals surface area contributed by atoms with Gasteiger partial charge in [0.1, 0.15) is 0 Å². The van der Waals surface area contributed by atoms with E-state index in [1.807, 2.05) is 0 Å². The fraction of sp³-hybridized carbons (Fsp3) is 0.412. The Morgan fingerprint density at radius 3 is 2.83 bits per heavy atom. The summed E-state index contributed by atoms with van der Waals surface area (Å²) in [4.78, 5) is 37.7. The van der Waals surface area contributed by atoms with Crippen molar-refractivity contribution >= 4 is 22.6 Å². The summed E-state index contributed by atoms with van der Waals surface area (Å²) in [5, 5.41) is 10.2. The van der Waals surface area contributed by atoms with Crippen molar-refractivity contribution in [2.45, 2.75) is 26.3 Å². The van der Waals surface area contributed by atoms with Crippen LogP contribution in [0.15, 0.2) is 29.1 Å². The van der Waals surface area contributed by atoms with E-state index in [2.05, 4.69) is 22.4 Å². The van der Waals surface area contributed by atoms with Gasteiger partial charge in [-0.25, -0.2) is 5.10 Å². The first kappa shape index (κ1) is 16.2. The molecule has 1 aromatic heterocycles. The molecular formula is C17H20N4O3. The van der Waals surface area contributed by atoms with Gasteiger partial charge in [0.25, 0.3) is 5.56 Å². The van der Waals surface area contributed by atoms with Gasteiger partial charge in [-0.05, 0) is 24.8 Å². The second-order valence-electron chi connectivity index (χ2n) is 6.23. The minimum absolute atomic E-state index is 0.0886. The third kappa shape index (κ3) is 3.29. The molecule has 2 N–H and O–H groups in total. The molecule has 1 aliphatic rings. The Kier molecular flexibility index (Phi) is 4.59. The average Bonchev–Trinajstić information content (AvgIpc) is 2.60. The van der Waals surface area contributed by atoms with Crippen LogP contribution in [0.1, 0.15) is 25.5 Å². The fourth-order valence-electron chi connectivity index (χ4n) is 3.06. The molecule has 2 amide bonds. The number of nitrogens with zero attached hydrogens (tertiary/aromatic N) is 2. The Hall–Kier alpha value is -2.70. The molecule has 1 fully saturated rings. The van der Waals surface area contributed by atoms with E-state index in [0.717, 1.165) is 12.8 Å². The molecule has 7 heteroatoms. The van der Waals surface area contributed by atoms with Crippen LogP contribution in [0.3, 0.4) is 0 Å². The Labute approximate surface area is 139 Å². The SMILES string of the molecule is CC1CCCN(C(=O)C(=O)NCc2n[nH]c(=O)c3ccccc23)C1. The van der Waals surface area contributed by atoms with Crippen LogP contribution in [0, 0.1) is 5.92 Å². The van der Waals surface area contributed by atoms with Gasteiger partial charge < -0.3 is 10.2 Å².